The quantitative estimate of drug-likeness (QED) is 0.800. The van der Waals surface area contributed by atoms with Gasteiger partial charge in [0, 0.05) is 25.2 Å². The highest BCUT2D eigenvalue weighted by Gasteiger charge is 2.24. The monoisotopic (exact) mass is 226 g/mol. The minimum Gasteiger partial charge on any atom is -0.352 e. The smallest absolute Gasteiger partial charge is 0.225 e. The van der Waals surface area contributed by atoms with Crippen molar-refractivity contribution in [3.63, 3.8) is 0 Å². The van der Waals surface area contributed by atoms with E-state index in [2.05, 4.69) is 10.6 Å². The summed E-state index contributed by atoms with van der Waals surface area (Å²) in [5, 5.41) is 5.55. The molecule has 3 nitrogen and oxygen atoms in total. The van der Waals surface area contributed by atoms with Gasteiger partial charge in [0.1, 0.15) is 11.6 Å². The second-order valence-corrected chi connectivity index (χ2v) is 3.81. The van der Waals surface area contributed by atoms with Crippen LogP contribution in [-0.2, 0) is 11.3 Å². The molecule has 0 radical (unpaired) electrons. The van der Waals surface area contributed by atoms with Gasteiger partial charge in [-0.25, -0.2) is 8.78 Å². The second-order valence-electron chi connectivity index (χ2n) is 3.81. The number of rotatable bonds is 3. The topological polar surface area (TPSA) is 41.1 Å². The first-order chi connectivity index (χ1) is 7.66. The molecule has 0 spiro atoms. The number of carbonyl (C=O) groups is 1. The molecule has 86 valence electrons. The molecule has 5 heteroatoms. The highest BCUT2D eigenvalue weighted by molar-refractivity contribution is 5.79. The van der Waals surface area contributed by atoms with Crippen molar-refractivity contribution in [2.45, 2.75) is 6.54 Å². The van der Waals surface area contributed by atoms with Gasteiger partial charge in [0.05, 0.1) is 5.92 Å². The van der Waals surface area contributed by atoms with Crippen LogP contribution in [-0.4, -0.2) is 19.0 Å². The molecule has 0 atom stereocenters. The van der Waals surface area contributed by atoms with E-state index in [1.165, 1.54) is 0 Å². The van der Waals surface area contributed by atoms with Crippen molar-refractivity contribution in [2.24, 2.45) is 5.92 Å². The lowest BCUT2D eigenvalue weighted by molar-refractivity contribution is -0.126. The van der Waals surface area contributed by atoms with Crippen molar-refractivity contribution < 1.29 is 13.6 Å². The highest BCUT2D eigenvalue weighted by Crippen LogP contribution is 2.10. The Labute approximate surface area is 91.8 Å². The molecule has 0 aromatic heterocycles. The summed E-state index contributed by atoms with van der Waals surface area (Å²) in [5.74, 6) is -1.18. The molecule has 0 unspecified atom stereocenters. The molecule has 0 saturated carbocycles. The molecule has 1 heterocycles. The number of benzene rings is 1. The molecule has 16 heavy (non-hydrogen) atoms. The van der Waals surface area contributed by atoms with Crippen LogP contribution in [0.2, 0.25) is 0 Å². The third-order valence-electron chi connectivity index (χ3n) is 2.61. The zero-order chi connectivity index (χ0) is 11.5. The maximum absolute atomic E-state index is 13.2. The standard InChI is InChI=1S/C11H12F2N2O/c12-9-1-2-10(13)7(3-9)6-15-11(16)8-4-14-5-8/h1-3,8,14H,4-6H2,(H,15,16). The Morgan fingerprint density at radius 1 is 1.44 bits per heavy atom. The van der Waals surface area contributed by atoms with Crippen molar-refractivity contribution in [1.29, 1.82) is 0 Å². The van der Waals surface area contributed by atoms with Crippen LogP contribution in [0.4, 0.5) is 8.78 Å². The fraction of sp³-hybridized carbons (Fsp3) is 0.364. The lowest BCUT2D eigenvalue weighted by atomic mass is 10.0. The maximum Gasteiger partial charge on any atom is 0.225 e. The van der Waals surface area contributed by atoms with Crippen molar-refractivity contribution in [3.05, 3.63) is 35.4 Å². The van der Waals surface area contributed by atoms with Gasteiger partial charge in [-0.2, -0.15) is 0 Å². The van der Waals surface area contributed by atoms with Crippen molar-refractivity contribution in [1.82, 2.24) is 10.6 Å². The Kier molecular flexibility index (Phi) is 3.14. The largest absolute Gasteiger partial charge is 0.352 e. The van der Waals surface area contributed by atoms with Crippen molar-refractivity contribution in [2.75, 3.05) is 13.1 Å². The van der Waals surface area contributed by atoms with Crippen LogP contribution in [0.15, 0.2) is 18.2 Å². The van der Waals surface area contributed by atoms with Gasteiger partial charge in [-0.15, -0.1) is 0 Å². The molecule has 0 bridgehead atoms. The average Bonchev–Trinajstić information content (AvgIpc) is 2.17. The number of hydrogen-bond donors (Lipinski definition) is 2. The summed E-state index contributed by atoms with van der Waals surface area (Å²) in [6.07, 6.45) is 0. The molecular weight excluding hydrogens is 214 g/mol. The molecular formula is C11H12F2N2O. The zero-order valence-corrected chi connectivity index (χ0v) is 8.59. The Morgan fingerprint density at radius 2 is 2.19 bits per heavy atom. The van der Waals surface area contributed by atoms with Crippen LogP contribution in [0, 0.1) is 17.6 Å². The number of nitrogens with one attached hydrogen (secondary N) is 2. The molecule has 1 aromatic rings. The van der Waals surface area contributed by atoms with Gasteiger partial charge in [-0.05, 0) is 18.2 Å². The van der Waals surface area contributed by atoms with E-state index in [4.69, 9.17) is 0 Å². The van der Waals surface area contributed by atoms with Crippen LogP contribution < -0.4 is 10.6 Å². The lowest BCUT2D eigenvalue weighted by Crippen LogP contribution is -2.50. The third-order valence-corrected chi connectivity index (χ3v) is 2.61. The summed E-state index contributed by atoms with van der Waals surface area (Å²) in [6.45, 7) is 1.33. The van der Waals surface area contributed by atoms with E-state index in [0.29, 0.717) is 13.1 Å². The summed E-state index contributed by atoms with van der Waals surface area (Å²) < 4.78 is 26.0. The first kappa shape index (κ1) is 11.0. The Balaban J connectivity index is 1.93. The molecule has 0 aliphatic carbocycles. The van der Waals surface area contributed by atoms with E-state index < -0.39 is 11.6 Å². The average molecular weight is 226 g/mol. The second kappa shape index (κ2) is 4.57. The molecule has 1 aromatic carbocycles. The van der Waals surface area contributed by atoms with Gasteiger partial charge < -0.3 is 10.6 Å². The van der Waals surface area contributed by atoms with Gasteiger partial charge >= 0.3 is 0 Å². The molecule has 1 fully saturated rings. The fourth-order valence-corrected chi connectivity index (χ4v) is 1.48. The van der Waals surface area contributed by atoms with E-state index in [9.17, 15) is 13.6 Å². The summed E-state index contributed by atoms with van der Waals surface area (Å²) in [6, 6.07) is 3.20. The summed E-state index contributed by atoms with van der Waals surface area (Å²) in [4.78, 5) is 11.4. The molecule has 1 aliphatic heterocycles. The van der Waals surface area contributed by atoms with Gasteiger partial charge in [0.15, 0.2) is 0 Å². The van der Waals surface area contributed by atoms with Crippen molar-refractivity contribution in [3.8, 4) is 0 Å². The fourth-order valence-electron chi connectivity index (χ4n) is 1.48. The van der Waals surface area contributed by atoms with Crippen LogP contribution in [0.3, 0.4) is 0 Å². The number of halogens is 2. The minimum absolute atomic E-state index is 0.0267. The predicted molar refractivity (Wildman–Crippen MR) is 54.6 cm³/mol. The van der Waals surface area contributed by atoms with Crippen molar-refractivity contribution >= 4 is 5.91 Å². The van der Waals surface area contributed by atoms with E-state index in [1.807, 2.05) is 0 Å². The Hall–Kier alpha value is -1.49. The Bertz CT molecular complexity index is 405. The SMILES string of the molecule is O=C(NCc1cc(F)ccc1F)C1CNC1. The van der Waals surface area contributed by atoms with Crippen LogP contribution in [0.25, 0.3) is 0 Å². The Morgan fingerprint density at radius 3 is 2.81 bits per heavy atom. The van der Waals surface area contributed by atoms with Gasteiger partial charge in [-0.1, -0.05) is 0 Å². The third kappa shape index (κ3) is 2.36. The first-order valence-corrected chi connectivity index (χ1v) is 5.09. The number of amides is 1. The van der Waals surface area contributed by atoms with Crippen LogP contribution in [0.5, 0.6) is 0 Å². The molecule has 1 amide bonds. The van der Waals surface area contributed by atoms with Gasteiger partial charge in [-0.3, -0.25) is 4.79 Å². The first-order valence-electron chi connectivity index (χ1n) is 5.09. The zero-order valence-electron chi connectivity index (χ0n) is 8.59. The number of carbonyl (C=O) groups excluding carboxylic acids is 1. The summed E-state index contributed by atoms with van der Waals surface area (Å²) in [7, 11) is 0. The predicted octanol–water partition coefficient (Wildman–Crippen LogP) is 0.800. The molecule has 2 N–H and O–H groups in total. The number of hydrogen-bond acceptors (Lipinski definition) is 2. The highest BCUT2D eigenvalue weighted by atomic mass is 19.1. The van der Waals surface area contributed by atoms with E-state index >= 15 is 0 Å². The van der Waals surface area contributed by atoms with Crippen LogP contribution >= 0.6 is 0 Å². The van der Waals surface area contributed by atoms with E-state index in [-0.39, 0.29) is 23.9 Å². The van der Waals surface area contributed by atoms with Crippen LogP contribution in [0.1, 0.15) is 5.56 Å². The van der Waals surface area contributed by atoms with E-state index in [0.717, 1.165) is 18.2 Å². The summed E-state index contributed by atoms with van der Waals surface area (Å²) >= 11 is 0. The van der Waals surface area contributed by atoms with Gasteiger partial charge in [0.2, 0.25) is 5.91 Å². The normalized spacial score (nSPS) is 15.6. The maximum atomic E-state index is 13.2. The molecule has 1 saturated heterocycles. The summed E-state index contributed by atoms with van der Waals surface area (Å²) in [5.41, 5.74) is 0.167. The molecule has 1 aliphatic rings. The van der Waals surface area contributed by atoms with E-state index in [1.54, 1.807) is 0 Å². The minimum atomic E-state index is -0.506. The molecule has 2 rings (SSSR count). The van der Waals surface area contributed by atoms with Gasteiger partial charge in [0.25, 0.3) is 0 Å². The lowest BCUT2D eigenvalue weighted by Gasteiger charge is -2.25.